The zero-order valence-corrected chi connectivity index (χ0v) is 15.8. The minimum atomic E-state index is -0.0775. The Labute approximate surface area is 155 Å². The van der Waals surface area contributed by atoms with Gasteiger partial charge in [-0.05, 0) is 75.2 Å². The van der Waals surface area contributed by atoms with Crippen LogP contribution < -0.4 is 10.1 Å². The smallest absolute Gasteiger partial charge is 0.251 e. The van der Waals surface area contributed by atoms with Crippen molar-refractivity contribution in [3.63, 3.8) is 0 Å². The van der Waals surface area contributed by atoms with E-state index in [1.54, 1.807) is 31.4 Å². The fraction of sp³-hybridized carbons (Fsp3) is 0.476. The normalized spacial score (nSPS) is 17.0. The van der Waals surface area contributed by atoms with Gasteiger partial charge < -0.3 is 14.5 Å². The summed E-state index contributed by atoms with van der Waals surface area (Å²) in [5.74, 6) is 3.25. The molecule has 5 nitrogen and oxygen atoms in total. The van der Waals surface area contributed by atoms with Crippen LogP contribution in [0.3, 0.4) is 0 Å². The van der Waals surface area contributed by atoms with Crippen LogP contribution in [0.15, 0.2) is 40.8 Å². The molecule has 3 rings (SSSR count). The molecule has 1 atom stereocenters. The molecule has 5 heteroatoms. The standard InChI is InChI=1S/C21H28N2O3/c1-15-10-12-23(13-11-15)19(20-9-4-16(2)26-20)14-22-21(24)17-5-7-18(25-3)8-6-17/h4-9,15,19H,10-14H2,1-3H3,(H,22,24)/t19-/m0/s1. The van der Waals surface area contributed by atoms with Crippen LogP contribution in [0.25, 0.3) is 0 Å². The largest absolute Gasteiger partial charge is 0.497 e. The first-order valence-electron chi connectivity index (χ1n) is 9.29. The lowest BCUT2D eigenvalue weighted by molar-refractivity contribution is 0.0895. The van der Waals surface area contributed by atoms with E-state index in [-0.39, 0.29) is 11.9 Å². The number of benzene rings is 1. The molecule has 140 valence electrons. The van der Waals surface area contributed by atoms with E-state index in [0.29, 0.717) is 12.1 Å². The average Bonchev–Trinajstić information content (AvgIpc) is 3.09. The van der Waals surface area contributed by atoms with Crippen LogP contribution in [0, 0.1) is 12.8 Å². The summed E-state index contributed by atoms with van der Waals surface area (Å²) >= 11 is 0. The van der Waals surface area contributed by atoms with Gasteiger partial charge in [0.2, 0.25) is 0 Å². The van der Waals surface area contributed by atoms with Crippen LogP contribution in [-0.2, 0) is 0 Å². The van der Waals surface area contributed by atoms with E-state index in [1.165, 1.54) is 12.8 Å². The second-order valence-electron chi connectivity index (χ2n) is 7.12. The number of rotatable bonds is 6. The summed E-state index contributed by atoms with van der Waals surface area (Å²) in [6.45, 7) is 6.85. The van der Waals surface area contributed by atoms with Crippen molar-refractivity contribution in [1.82, 2.24) is 10.2 Å². The van der Waals surface area contributed by atoms with Crippen LogP contribution >= 0.6 is 0 Å². The number of ether oxygens (including phenoxy) is 1. The summed E-state index contributed by atoms with van der Waals surface area (Å²) < 4.78 is 11.0. The highest BCUT2D eigenvalue weighted by Crippen LogP contribution is 2.27. The SMILES string of the molecule is COc1ccc(C(=O)NC[C@@H](c2ccc(C)o2)N2CCC(C)CC2)cc1. The van der Waals surface area contributed by atoms with Gasteiger partial charge in [0.1, 0.15) is 17.3 Å². The summed E-state index contributed by atoms with van der Waals surface area (Å²) in [7, 11) is 1.62. The molecule has 1 saturated heterocycles. The predicted octanol–water partition coefficient (Wildman–Crippen LogP) is 3.80. The molecule has 0 unspecified atom stereocenters. The molecule has 0 aliphatic carbocycles. The Morgan fingerprint density at radius 3 is 2.50 bits per heavy atom. The van der Waals surface area contributed by atoms with Crippen LogP contribution in [-0.4, -0.2) is 37.6 Å². The molecule has 1 aromatic heterocycles. The van der Waals surface area contributed by atoms with Gasteiger partial charge in [-0.3, -0.25) is 9.69 Å². The molecule has 2 aromatic rings. The van der Waals surface area contributed by atoms with Gasteiger partial charge >= 0.3 is 0 Å². The Kier molecular flexibility index (Phi) is 5.99. The highest BCUT2D eigenvalue weighted by molar-refractivity contribution is 5.94. The second kappa shape index (κ2) is 8.41. The maximum absolute atomic E-state index is 12.5. The highest BCUT2D eigenvalue weighted by Gasteiger charge is 2.27. The van der Waals surface area contributed by atoms with Gasteiger partial charge in [0.15, 0.2) is 0 Å². The third kappa shape index (κ3) is 4.47. The van der Waals surface area contributed by atoms with E-state index in [9.17, 15) is 4.79 Å². The van der Waals surface area contributed by atoms with Gasteiger partial charge in [0.25, 0.3) is 5.91 Å². The average molecular weight is 356 g/mol. The minimum absolute atomic E-state index is 0.0680. The Bertz CT molecular complexity index is 715. The van der Waals surface area contributed by atoms with E-state index >= 15 is 0 Å². The van der Waals surface area contributed by atoms with E-state index in [4.69, 9.17) is 9.15 Å². The number of likely N-dealkylation sites (tertiary alicyclic amines) is 1. The molecule has 1 amide bonds. The van der Waals surface area contributed by atoms with Gasteiger partial charge in [-0.2, -0.15) is 0 Å². The number of amides is 1. The number of furan rings is 1. The molecule has 0 radical (unpaired) electrons. The van der Waals surface area contributed by atoms with Gasteiger partial charge in [-0.15, -0.1) is 0 Å². The summed E-state index contributed by atoms with van der Waals surface area (Å²) in [6, 6.07) is 11.2. The molecule has 0 saturated carbocycles. The molecule has 2 heterocycles. The monoisotopic (exact) mass is 356 g/mol. The first-order chi connectivity index (χ1) is 12.6. The van der Waals surface area contributed by atoms with Crippen molar-refractivity contribution in [2.45, 2.75) is 32.7 Å². The zero-order valence-electron chi connectivity index (χ0n) is 15.8. The molecule has 1 aliphatic rings. The Balaban J connectivity index is 1.67. The zero-order chi connectivity index (χ0) is 18.5. The van der Waals surface area contributed by atoms with Crippen molar-refractivity contribution < 1.29 is 13.9 Å². The van der Waals surface area contributed by atoms with Crippen LogP contribution in [0.4, 0.5) is 0 Å². The molecule has 26 heavy (non-hydrogen) atoms. The molecular weight excluding hydrogens is 328 g/mol. The van der Waals surface area contributed by atoms with Crippen molar-refractivity contribution >= 4 is 5.91 Å². The number of hydrogen-bond acceptors (Lipinski definition) is 4. The number of nitrogens with one attached hydrogen (secondary N) is 1. The molecule has 1 aliphatic heterocycles. The van der Waals surface area contributed by atoms with Crippen molar-refractivity contribution in [3.8, 4) is 5.75 Å². The number of piperidine rings is 1. The molecule has 1 N–H and O–H groups in total. The maximum atomic E-state index is 12.5. The van der Waals surface area contributed by atoms with Crippen molar-refractivity contribution in [2.24, 2.45) is 5.92 Å². The molecule has 1 aromatic carbocycles. The van der Waals surface area contributed by atoms with E-state index < -0.39 is 0 Å². The highest BCUT2D eigenvalue weighted by atomic mass is 16.5. The first-order valence-corrected chi connectivity index (χ1v) is 9.29. The third-order valence-corrected chi connectivity index (χ3v) is 5.16. The number of aryl methyl sites for hydroxylation is 1. The van der Waals surface area contributed by atoms with Gasteiger partial charge in [-0.25, -0.2) is 0 Å². The lowest BCUT2D eigenvalue weighted by Gasteiger charge is -2.35. The van der Waals surface area contributed by atoms with E-state index in [2.05, 4.69) is 17.1 Å². The number of carbonyl (C=O) groups is 1. The molecule has 0 bridgehead atoms. The number of methoxy groups -OCH3 is 1. The van der Waals surface area contributed by atoms with E-state index in [1.807, 2.05) is 19.1 Å². The van der Waals surface area contributed by atoms with Crippen molar-refractivity contribution in [2.75, 3.05) is 26.7 Å². The summed E-state index contributed by atoms with van der Waals surface area (Å²) in [5.41, 5.74) is 0.632. The lowest BCUT2D eigenvalue weighted by atomic mass is 9.97. The molecule has 0 spiro atoms. The summed E-state index contributed by atoms with van der Waals surface area (Å²) in [6.07, 6.45) is 2.37. The quantitative estimate of drug-likeness (QED) is 0.855. The Morgan fingerprint density at radius 2 is 1.92 bits per heavy atom. The number of nitrogens with zero attached hydrogens (tertiary/aromatic N) is 1. The number of hydrogen-bond donors (Lipinski definition) is 1. The van der Waals surface area contributed by atoms with Gasteiger partial charge in [-0.1, -0.05) is 6.92 Å². The van der Waals surface area contributed by atoms with Crippen LogP contribution in [0.5, 0.6) is 5.75 Å². The predicted molar refractivity (Wildman–Crippen MR) is 101 cm³/mol. The summed E-state index contributed by atoms with van der Waals surface area (Å²) in [4.78, 5) is 14.9. The fourth-order valence-electron chi connectivity index (χ4n) is 3.42. The Hall–Kier alpha value is -2.27. The fourth-order valence-corrected chi connectivity index (χ4v) is 3.42. The lowest BCUT2D eigenvalue weighted by Crippen LogP contribution is -2.41. The minimum Gasteiger partial charge on any atom is -0.497 e. The molecule has 1 fully saturated rings. The topological polar surface area (TPSA) is 54.7 Å². The molecular formula is C21H28N2O3. The second-order valence-corrected chi connectivity index (χ2v) is 7.12. The first kappa shape index (κ1) is 18.5. The van der Waals surface area contributed by atoms with Gasteiger partial charge in [0.05, 0.1) is 13.2 Å². The van der Waals surface area contributed by atoms with E-state index in [0.717, 1.165) is 36.3 Å². The van der Waals surface area contributed by atoms with Crippen LogP contribution in [0.1, 0.15) is 47.7 Å². The maximum Gasteiger partial charge on any atom is 0.251 e. The van der Waals surface area contributed by atoms with Gasteiger partial charge in [0, 0.05) is 12.1 Å². The number of carbonyl (C=O) groups excluding carboxylic acids is 1. The van der Waals surface area contributed by atoms with Crippen LogP contribution in [0.2, 0.25) is 0 Å². The summed E-state index contributed by atoms with van der Waals surface area (Å²) in [5, 5.41) is 3.07. The third-order valence-electron chi connectivity index (χ3n) is 5.16. The van der Waals surface area contributed by atoms with Crippen molar-refractivity contribution in [3.05, 3.63) is 53.5 Å². The Morgan fingerprint density at radius 1 is 1.23 bits per heavy atom. The van der Waals surface area contributed by atoms with Crippen molar-refractivity contribution in [1.29, 1.82) is 0 Å².